The maximum absolute atomic E-state index is 13.0. The number of benzene rings is 2. The number of amides is 1. The number of nitrogens with one attached hydrogen (secondary N) is 1. The normalized spacial score (nSPS) is 14.1. The summed E-state index contributed by atoms with van der Waals surface area (Å²) in [6.07, 6.45) is -3.04. The fraction of sp³-hybridized carbons (Fsp3) is 0.227. The lowest BCUT2D eigenvalue weighted by Gasteiger charge is -2.39. The first-order valence-electron chi connectivity index (χ1n) is 9.53. The van der Waals surface area contributed by atoms with Gasteiger partial charge in [-0.1, -0.05) is 30.3 Å². The Morgan fingerprint density at radius 3 is 2.52 bits per heavy atom. The van der Waals surface area contributed by atoms with E-state index in [1.54, 1.807) is 0 Å². The number of anilines is 2. The van der Waals surface area contributed by atoms with Crippen LogP contribution in [0.2, 0.25) is 0 Å². The highest BCUT2D eigenvalue weighted by Gasteiger charge is 2.35. The number of hydrogen-bond acceptors (Lipinski definition) is 5. The second kappa shape index (κ2) is 8.25. The van der Waals surface area contributed by atoms with Crippen LogP contribution in [0.1, 0.15) is 5.56 Å². The van der Waals surface area contributed by atoms with E-state index in [0.717, 1.165) is 23.4 Å². The Balaban J connectivity index is 1.43. The van der Waals surface area contributed by atoms with Gasteiger partial charge in [-0.05, 0) is 18.2 Å². The minimum atomic E-state index is -4.51. The van der Waals surface area contributed by atoms with Crippen LogP contribution in [-0.2, 0) is 11.0 Å². The largest absolute Gasteiger partial charge is 0.495 e. The summed E-state index contributed by atoms with van der Waals surface area (Å²) in [5.41, 5.74) is 0.868. The highest BCUT2D eigenvalue weighted by molar-refractivity contribution is 5.95. The lowest BCUT2D eigenvalue weighted by Crippen LogP contribution is -2.52. The molecular weight excluding hydrogens is 409 g/mol. The van der Waals surface area contributed by atoms with Crippen molar-refractivity contribution in [2.24, 2.45) is 5.92 Å². The SMILES string of the molecule is COc1ccc(C(F)(F)F)cc1NC(=O)C1CN(c2cc(-c3ccccc3)ncn2)C1. The van der Waals surface area contributed by atoms with Crippen LogP contribution in [0.25, 0.3) is 11.3 Å². The smallest absolute Gasteiger partial charge is 0.416 e. The molecule has 1 aliphatic rings. The minimum absolute atomic E-state index is 0.00539. The van der Waals surface area contributed by atoms with Gasteiger partial charge < -0.3 is 15.0 Å². The van der Waals surface area contributed by atoms with Crippen molar-refractivity contribution < 1.29 is 22.7 Å². The molecule has 0 aliphatic carbocycles. The fourth-order valence-electron chi connectivity index (χ4n) is 3.34. The number of methoxy groups -OCH3 is 1. The van der Waals surface area contributed by atoms with Gasteiger partial charge in [0.1, 0.15) is 17.9 Å². The zero-order chi connectivity index (χ0) is 22.0. The number of aromatic nitrogens is 2. The molecule has 2 aromatic carbocycles. The minimum Gasteiger partial charge on any atom is -0.495 e. The number of ether oxygens (including phenoxy) is 1. The van der Waals surface area contributed by atoms with Crippen molar-refractivity contribution in [2.45, 2.75) is 6.18 Å². The predicted molar refractivity (Wildman–Crippen MR) is 110 cm³/mol. The van der Waals surface area contributed by atoms with Gasteiger partial charge in [-0.2, -0.15) is 13.2 Å². The molecule has 0 radical (unpaired) electrons. The molecule has 9 heteroatoms. The second-order valence-electron chi connectivity index (χ2n) is 7.13. The first-order valence-corrected chi connectivity index (χ1v) is 9.53. The zero-order valence-corrected chi connectivity index (χ0v) is 16.6. The Kier molecular flexibility index (Phi) is 5.50. The third-order valence-corrected chi connectivity index (χ3v) is 5.08. The quantitative estimate of drug-likeness (QED) is 0.658. The molecule has 1 aliphatic heterocycles. The van der Waals surface area contributed by atoms with Crippen molar-refractivity contribution in [2.75, 3.05) is 30.4 Å². The average molecular weight is 428 g/mol. The molecule has 1 aromatic heterocycles. The standard InChI is InChI=1S/C22H19F3N4O2/c1-31-19-8-7-16(22(23,24)25)9-18(19)28-21(30)15-11-29(12-15)20-10-17(26-13-27-20)14-5-3-2-4-6-14/h2-10,13,15H,11-12H2,1H3,(H,28,30). The molecule has 1 amide bonds. The van der Waals surface area contributed by atoms with Crippen LogP contribution < -0.4 is 15.0 Å². The van der Waals surface area contributed by atoms with Crippen molar-refractivity contribution in [1.29, 1.82) is 0 Å². The maximum atomic E-state index is 13.0. The molecule has 0 spiro atoms. The van der Waals surface area contributed by atoms with Crippen molar-refractivity contribution in [3.05, 3.63) is 66.5 Å². The monoisotopic (exact) mass is 428 g/mol. The summed E-state index contributed by atoms with van der Waals surface area (Å²) in [6.45, 7) is 0.802. The van der Waals surface area contributed by atoms with Crippen LogP contribution in [0.3, 0.4) is 0 Å². The average Bonchev–Trinajstić information content (AvgIpc) is 2.73. The van der Waals surface area contributed by atoms with Crippen molar-refractivity contribution in [3.63, 3.8) is 0 Å². The number of rotatable bonds is 5. The Morgan fingerprint density at radius 2 is 1.84 bits per heavy atom. The number of nitrogens with zero attached hydrogens (tertiary/aromatic N) is 3. The molecular formula is C22H19F3N4O2. The maximum Gasteiger partial charge on any atom is 0.416 e. The zero-order valence-electron chi connectivity index (χ0n) is 16.6. The van der Waals surface area contributed by atoms with E-state index in [4.69, 9.17) is 4.74 Å². The first kappa shape index (κ1) is 20.6. The second-order valence-corrected chi connectivity index (χ2v) is 7.13. The number of alkyl halides is 3. The van der Waals surface area contributed by atoms with Crippen LogP contribution in [-0.4, -0.2) is 36.1 Å². The molecule has 0 saturated carbocycles. The Hall–Kier alpha value is -3.62. The van der Waals surface area contributed by atoms with Gasteiger partial charge in [-0.3, -0.25) is 4.79 Å². The van der Waals surface area contributed by atoms with Gasteiger partial charge in [0.05, 0.1) is 30.0 Å². The van der Waals surface area contributed by atoms with Gasteiger partial charge in [0.25, 0.3) is 0 Å². The Bertz CT molecular complexity index is 1080. The summed E-state index contributed by atoms with van der Waals surface area (Å²) in [7, 11) is 1.34. The Morgan fingerprint density at radius 1 is 1.10 bits per heavy atom. The van der Waals surface area contributed by atoms with E-state index >= 15 is 0 Å². The predicted octanol–water partition coefficient (Wildman–Crippen LogP) is 4.25. The summed E-state index contributed by atoms with van der Waals surface area (Å²) in [4.78, 5) is 23.1. The Labute approximate surface area is 176 Å². The molecule has 1 fully saturated rings. The van der Waals surface area contributed by atoms with Crippen LogP contribution >= 0.6 is 0 Å². The number of carbonyl (C=O) groups is 1. The molecule has 6 nitrogen and oxygen atoms in total. The van der Waals surface area contributed by atoms with E-state index in [-0.39, 0.29) is 23.3 Å². The third kappa shape index (κ3) is 4.45. The van der Waals surface area contributed by atoms with E-state index in [1.165, 1.54) is 19.5 Å². The topological polar surface area (TPSA) is 67.3 Å². The van der Waals surface area contributed by atoms with Gasteiger partial charge in [0.15, 0.2) is 0 Å². The number of carbonyl (C=O) groups excluding carboxylic acids is 1. The molecule has 1 saturated heterocycles. The highest BCUT2D eigenvalue weighted by Crippen LogP contribution is 2.35. The lowest BCUT2D eigenvalue weighted by atomic mass is 9.98. The van der Waals surface area contributed by atoms with Gasteiger partial charge in [0, 0.05) is 24.7 Å². The van der Waals surface area contributed by atoms with Gasteiger partial charge >= 0.3 is 6.18 Å². The fourth-order valence-corrected chi connectivity index (χ4v) is 3.34. The van der Waals surface area contributed by atoms with Crippen molar-refractivity contribution in [3.8, 4) is 17.0 Å². The van der Waals surface area contributed by atoms with Crippen molar-refractivity contribution >= 4 is 17.4 Å². The molecule has 0 bridgehead atoms. The van der Waals surface area contributed by atoms with E-state index in [9.17, 15) is 18.0 Å². The molecule has 160 valence electrons. The van der Waals surface area contributed by atoms with E-state index in [0.29, 0.717) is 18.9 Å². The van der Waals surface area contributed by atoms with E-state index in [2.05, 4.69) is 15.3 Å². The van der Waals surface area contributed by atoms with E-state index < -0.39 is 11.7 Å². The summed E-state index contributed by atoms with van der Waals surface area (Å²) < 4.78 is 44.1. The molecule has 31 heavy (non-hydrogen) atoms. The summed E-state index contributed by atoms with van der Waals surface area (Å²) in [5.74, 6) is 0.107. The highest BCUT2D eigenvalue weighted by atomic mass is 19.4. The molecule has 2 heterocycles. The van der Waals surface area contributed by atoms with Crippen LogP contribution in [0.4, 0.5) is 24.7 Å². The van der Waals surface area contributed by atoms with Crippen LogP contribution in [0, 0.1) is 5.92 Å². The third-order valence-electron chi connectivity index (χ3n) is 5.08. The summed E-state index contributed by atoms with van der Waals surface area (Å²) in [6, 6.07) is 14.5. The van der Waals surface area contributed by atoms with Crippen LogP contribution in [0.15, 0.2) is 60.9 Å². The molecule has 4 rings (SSSR count). The lowest BCUT2D eigenvalue weighted by molar-refractivity contribution is -0.137. The van der Waals surface area contributed by atoms with Gasteiger partial charge in [0.2, 0.25) is 5.91 Å². The summed E-state index contributed by atoms with van der Waals surface area (Å²) >= 11 is 0. The van der Waals surface area contributed by atoms with Gasteiger partial charge in [-0.25, -0.2) is 9.97 Å². The molecule has 0 unspecified atom stereocenters. The van der Waals surface area contributed by atoms with Gasteiger partial charge in [-0.15, -0.1) is 0 Å². The van der Waals surface area contributed by atoms with Crippen molar-refractivity contribution in [1.82, 2.24) is 9.97 Å². The molecule has 0 atom stereocenters. The first-order chi connectivity index (χ1) is 14.8. The van der Waals surface area contributed by atoms with Crippen LogP contribution in [0.5, 0.6) is 5.75 Å². The number of halogens is 3. The number of hydrogen-bond donors (Lipinski definition) is 1. The van der Waals surface area contributed by atoms with E-state index in [1.807, 2.05) is 41.3 Å². The molecule has 1 N–H and O–H groups in total. The summed E-state index contributed by atoms with van der Waals surface area (Å²) in [5, 5.41) is 2.56. The molecule has 3 aromatic rings.